The van der Waals surface area contributed by atoms with Gasteiger partial charge in [0.2, 0.25) is 10.0 Å². The Hall–Kier alpha value is -0.330. The van der Waals surface area contributed by atoms with Gasteiger partial charge in [-0.1, -0.05) is 29.3 Å². The van der Waals surface area contributed by atoms with Gasteiger partial charge in [0.05, 0.1) is 10.0 Å². The van der Waals surface area contributed by atoms with E-state index in [0.29, 0.717) is 19.1 Å². The van der Waals surface area contributed by atoms with E-state index in [2.05, 4.69) is 10.0 Å². The van der Waals surface area contributed by atoms with Gasteiger partial charge in [-0.3, -0.25) is 0 Å². The Labute approximate surface area is 117 Å². The van der Waals surface area contributed by atoms with Crippen molar-refractivity contribution in [3.8, 4) is 0 Å². The molecule has 0 heterocycles. The van der Waals surface area contributed by atoms with Crippen molar-refractivity contribution in [2.45, 2.75) is 23.8 Å². The van der Waals surface area contributed by atoms with E-state index in [4.69, 9.17) is 23.2 Å². The highest BCUT2D eigenvalue weighted by atomic mass is 35.5. The molecule has 1 aliphatic carbocycles. The van der Waals surface area contributed by atoms with Gasteiger partial charge in [-0.15, -0.1) is 0 Å². The lowest BCUT2D eigenvalue weighted by Crippen LogP contribution is -2.32. The van der Waals surface area contributed by atoms with E-state index in [9.17, 15) is 8.42 Å². The monoisotopic (exact) mass is 308 g/mol. The topological polar surface area (TPSA) is 58.2 Å². The molecule has 18 heavy (non-hydrogen) atoms. The molecule has 0 bridgehead atoms. The number of rotatable bonds is 6. The zero-order valence-corrected chi connectivity index (χ0v) is 11.9. The second-order valence-corrected chi connectivity index (χ2v) is 6.70. The number of benzene rings is 1. The van der Waals surface area contributed by atoms with E-state index >= 15 is 0 Å². The van der Waals surface area contributed by atoms with Gasteiger partial charge in [-0.05, 0) is 25.0 Å². The molecular formula is C11H14Cl2N2O2S. The second kappa shape index (κ2) is 5.75. The van der Waals surface area contributed by atoms with E-state index in [-0.39, 0.29) is 14.9 Å². The minimum absolute atomic E-state index is 0.0167. The van der Waals surface area contributed by atoms with Gasteiger partial charge in [0.1, 0.15) is 4.90 Å². The molecule has 1 aliphatic rings. The highest BCUT2D eigenvalue weighted by Gasteiger charge is 2.21. The summed E-state index contributed by atoms with van der Waals surface area (Å²) in [4.78, 5) is 0.0167. The summed E-state index contributed by atoms with van der Waals surface area (Å²) >= 11 is 11.7. The van der Waals surface area contributed by atoms with Gasteiger partial charge in [-0.2, -0.15) is 0 Å². The lowest BCUT2D eigenvalue weighted by Gasteiger charge is -2.09. The molecule has 7 heteroatoms. The molecule has 2 N–H and O–H groups in total. The van der Waals surface area contributed by atoms with Crippen LogP contribution in [0.5, 0.6) is 0 Å². The average molecular weight is 309 g/mol. The number of halogens is 2. The van der Waals surface area contributed by atoms with E-state index in [1.54, 1.807) is 12.1 Å². The number of hydrogen-bond acceptors (Lipinski definition) is 3. The lowest BCUT2D eigenvalue weighted by molar-refractivity contribution is 0.575. The summed E-state index contributed by atoms with van der Waals surface area (Å²) < 4.78 is 26.5. The van der Waals surface area contributed by atoms with Crippen LogP contribution in [-0.2, 0) is 10.0 Å². The van der Waals surface area contributed by atoms with Crippen molar-refractivity contribution < 1.29 is 8.42 Å². The van der Waals surface area contributed by atoms with Crippen LogP contribution in [0, 0.1) is 0 Å². The Bertz CT molecular complexity index is 530. The molecule has 0 aliphatic heterocycles. The van der Waals surface area contributed by atoms with Crippen LogP contribution in [0.15, 0.2) is 23.1 Å². The molecule has 1 fully saturated rings. The van der Waals surface area contributed by atoms with Crippen LogP contribution in [0.3, 0.4) is 0 Å². The normalized spacial score (nSPS) is 15.9. The van der Waals surface area contributed by atoms with Gasteiger partial charge in [0.15, 0.2) is 0 Å². The molecule has 0 radical (unpaired) electrons. The van der Waals surface area contributed by atoms with Gasteiger partial charge in [0.25, 0.3) is 0 Å². The summed E-state index contributed by atoms with van der Waals surface area (Å²) in [6, 6.07) is 5.11. The zero-order valence-electron chi connectivity index (χ0n) is 9.62. The summed E-state index contributed by atoms with van der Waals surface area (Å²) in [7, 11) is -3.60. The van der Waals surface area contributed by atoms with Gasteiger partial charge >= 0.3 is 0 Å². The van der Waals surface area contributed by atoms with Crippen molar-refractivity contribution in [1.82, 2.24) is 10.0 Å². The van der Waals surface area contributed by atoms with Crippen LogP contribution in [0.1, 0.15) is 12.8 Å². The Balaban J connectivity index is 1.98. The Morgan fingerprint density at radius 1 is 1.22 bits per heavy atom. The van der Waals surface area contributed by atoms with E-state index in [0.717, 1.165) is 0 Å². The average Bonchev–Trinajstić information content (AvgIpc) is 3.12. The molecule has 1 saturated carbocycles. The number of nitrogens with one attached hydrogen (secondary N) is 2. The van der Waals surface area contributed by atoms with Crippen molar-refractivity contribution in [3.05, 3.63) is 28.2 Å². The third-order valence-corrected chi connectivity index (χ3v) is 5.07. The first-order valence-corrected chi connectivity index (χ1v) is 7.91. The van der Waals surface area contributed by atoms with Crippen molar-refractivity contribution in [1.29, 1.82) is 0 Å². The van der Waals surface area contributed by atoms with Crippen molar-refractivity contribution in [2.75, 3.05) is 13.1 Å². The highest BCUT2D eigenvalue weighted by molar-refractivity contribution is 7.89. The molecule has 0 amide bonds. The number of sulfonamides is 1. The Morgan fingerprint density at radius 3 is 2.61 bits per heavy atom. The maximum Gasteiger partial charge on any atom is 0.242 e. The Morgan fingerprint density at radius 2 is 1.94 bits per heavy atom. The molecule has 100 valence electrons. The standard InChI is InChI=1S/C11H14Cl2N2O2S/c12-9-2-1-3-10(11(9)13)18(16,17)15-7-6-14-8-4-5-8/h1-3,8,14-15H,4-7H2. The highest BCUT2D eigenvalue weighted by Crippen LogP contribution is 2.28. The van der Waals surface area contributed by atoms with Gasteiger partial charge < -0.3 is 5.32 Å². The van der Waals surface area contributed by atoms with Crippen molar-refractivity contribution in [3.63, 3.8) is 0 Å². The van der Waals surface area contributed by atoms with Gasteiger partial charge in [-0.25, -0.2) is 13.1 Å². The Kier molecular flexibility index (Phi) is 4.50. The molecule has 4 nitrogen and oxygen atoms in total. The van der Waals surface area contributed by atoms with Crippen molar-refractivity contribution >= 4 is 33.2 Å². The molecule has 0 saturated heterocycles. The lowest BCUT2D eigenvalue weighted by atomic mass is 10.4. The predicted molar refractivity (Wildman–Crippen MR) is 72.7 cm³/mol. The fourth-order valence-corrected chi connectivity index (χ4v) is 3.31. The van der Waals surface area contributed by atoms with Crippen LogP contribution in [0.2, 0.25) is 10.0 Å². The molecule has 0 spiro atoms. The quantitative estimate of drug-likeness (QED) is 0.791. The smallest absolute Gasteiger partial charge is 0.242 e. The fraction of sp³-hybridized carbons (Fsp3) is 0.455. The first-order chi connectivity index (χ1) is 8.50. The van der Waals surface area contributed by atoms with Crippen molar-refractivity contribution in [2.24, 2.45) is 0 Å². The summed E-state index contributed by atoms with van der Waals surface area (Å²) in [5.74, 6) is 0. The minimum Gasteiger partial charge on any atom is -0.313 e. The molecule has 1 aromatic carbocycles. The molecular weight excluding hydrogens is 295 g/mol. The van der Waals surface area contributed by atoms with Crippen LogP contribution < -0.4 is 10.0 Å². The SMILES string of the molecule is O=S(=O)(NCCNC1CC1)c1cccc(Cl)c1Cl. The summed E-state index contributed by atoms with van der Waals surface area (Å²) in [5.41, 5.74) is 0. The minimum atomic E-state index is -3.60. The largest absolute Gasteiger partial charge is 0.313 e. The molecule has 2 rings (SSSR count). The van der Waals surface area contributed by atoms with Crippen LogP contribution >= 0.6 is 23.2 Å². The third-order valence-electron chi connectivity index (χ3n) is 2.63. The van der Waals surface area contributed by atoms with E-state index < -0.39 is 10.0 Å². The number of hydrogen-bond donors (Lipinski definition) is 2. The van der Waals surface area contributed by atoms with E-state index in [1.165, 1.54) is 18.9 Å². The molecule has 1 aromatic rings. The van der Waals surface area contributed by atoms with E-state index in [1.807, 2.05) is 0 Å². The molecule has 0 atom stereocenters. The third kappa shape index (κ3) is 3.59. The second-order valence-electron chi connectivity index (χ2n) is 4.18. The summed E-state index contributed by atoms with van der Waals surface area (Å²) in [5, 5.41) is 3.51. The first kappa shape index (κ1) is 14.1. The maximum absolute atomic E-state index is 12.0. The fourth-order valence-electron chi connectivity index (χ4n) is 1.52. The summed E-state index contributed by atoms with van der Waals surface area (Å²) in [6.07, 6.45) is 2.35. The maximum atomic E-state index is 12.0. The van der Waals surface area contributed by atoms with Gasteiger partial charge in [0, 0.05) is 19.1 Å². The molecule has 0 unspecified atom stereocenters. The first-order valence-electron chi connectivity index (χ1n) is 5.68. The molecule has 0 aromatic heterocycles. The van der Waals surface area contributed by atoms with Crippen LogP contribution in [-0.4, -0.2) is 27.5 Å². The van der Waals surface area contributed by atoms with Crippen LogP contribution in [0.4, 0.5) is 0 Å². The van der Waals surface area contributed by atoms with Crippen LogP contribution in [0.25, 0.3) is 0 Å². The zero-order chi connectivity index (χ0) is 13.2. The summed E-state index contributed by atoms with van der Waals surface area (Å²) in [6.45, 7) is 0.948. The predicted octanol–water partition coefficient (Wildman–Crippen LogP) is 2.02.